The molecule has 10 nitrogen and oxygen atoms in total. The maximum Gasteiger partial charge on any atom is 0.271 e. The molecule has 0 aromatic heterocycles. The number of nitro groups is 1. The minimum atomic E-state index is -4.36. The van der Waals surface area contributed by atoms with Gasteiger partial charge < -0.3 is 10.2 Å². The highest BCUT2D eigenvalue weighted by Crippen LogP contribution is 2.29. The molecule has 0 aliphatic rings. The number of carbonyl (C=O) groups is 2. The van der Waals surface area contributed by atoms with E-state index in [4.69, 9.17) is 23.2 Å². The number of non-ortho nitro benzene ring substituents is 1. The molecule has 1 atom stereocenters. The third-order valence-corrected chi connectivity index (χ3v) is 8.34. The Hall–Kier alpha value is -3.67. The van der Waals surface area contributed by atoms with Crippen LogP contribution in [0.5, 0.6) is 0 Å². The van der Waals surface area contributed by atoms with Crippen LogP contribution in [0.2, 0.25) is 10.0 Å². The number of likely N-dealkylation sites (N-methyl/N-ethyl adjacent to an activating group) is 1. The first-order valence-electron chi connectivity index (χ1n) is 11.8. The largest absolute Gasteiger partial charge is 0.355 e. The molecular formula is C26H26Cl2N4O6S. The molecule has 2 amide bonds. The number of hydrogen-bond donors (Lipinski definition) is 1. The van der Waals surface area contributed by atoms with Gasteiger partial charge in [0.15, 0.2) is 0 Å². The molecule has 13 heteroatoms. The van der Waals surface area contributed by atoms with Gasteiger partial charge in [0.25, 0.3) is 15.7 Å². The number of sulfonamides is 1. The molecule has 0 aliphatic carbocycles. The number of rotatable bonds is 11. The van der Waals surface area contributed by atoms with Gasteiger partial charge in [-0.2, -0.15) is 0 Å². The normalized spacial score (nSPS) is 11.9. The molecule has 0 saturated carbocycles. The predicted molar refractivity (Wildman–Crippen MR) is 149 cm³/mol. The Morgan fingerprint density at radius 2 is 1.62 bits per heavy atom. The number of nitro benzene ring substituents is 1. The third-order valence-electron chi connectivity index (χ3n) is 5.85. The average Bonchev–Trinajstić information content (AvgIpc) is 2.91. The quantitative estimate of drug-likeness (QED) is 0.255. The lowest BCUT2D eigenvalue weighted by atomic mass is 10.1. The van der Waals surface area contributed by atoms with E-state index in [0.29, 0.717) is 12.1 Å². The van der Waals surface area contributed by atoms with Gasteiger partial charge in [-0.1, -0.05) is 53.5 Å². The lowest BCUT2D eigenvalue weighted by Gasteiger charge is -2.32. The van der Waals surface area contributed by atoms with E-state index in [-0.39, 0.29) is 32.9 Å². The van der Waals surface area contributed by atoms with E-state index in [2.05, 4.69) is 5.32 Å². The van der Waals surface area contributed by atoms with E-state index in [1.807, 2.05) is 0 Å². The van der Waals surface area contributed by atoms with Gasteiger partial charge in [-0.15, -0.1) is 0 Å². The number of hydrogen-bond acceptors (Lipinski definition) is 6. The molecule has 0 bridgehead atoms. The van der Waals surface area contributed by atoms with E-state index in [1.54, 1.807) is 31.2 Å². The van der Waals surface area contributed by atoms with E-state index >= 15 is 0 Å². The van der Waals surface area contributed by atoms with Crippen molar-refractivity contribution >= 4 is 56.4 Å². The van der Waals surface area contributed by atoms with Crippen molar-refractivity contribution in [1.82, 2.24) is 10.2 Å². The van der Waals surface area contributed by atoms with Crippen LogP contribution in [-0.2, 0) is 26.2 Å². The zero-order chi connectivity index (χ0) is 28.7. The van der Waals surface area contributed by atoms with Gasteiger partial charge in [0, 0.05) is 40.8 Å². The van der Waals surface area contributed by atoms with Gasteiger partial charge in [-0.3, -0.25) is 24.0 Å². The Morgan fingerprint density at radius 3 is 2.21 bits per heavy atom. The number of amides is 2. The summed E-state index contributed by atoms with van der Waals surface area (Å²) in [5.74, 6) is -1.22. The molecule has 0 unspecified atom stereocenters. The van der Waals surface area contributed by atoms with Gasteiger partial charge >= 0.3 is 0 Å². The molecule has 3 aromatic carbocycles. The SMILES string of the molecule is CCNC(=O)[C@@H](C)N(Cc1c(Cl)cccc1Cl)C(=O)CN(c1cccc([N+](=O)[O-])c1)S(=O)(=O)c1ccccc1. The highest BCUT2D eigenvalue weighted by Gasteiger charge is 2.33. The van der Waals surface area contributed by atoms with Crippen LogP contribution in [0.25, 0.3) is 0 Å². The van der Waals surface area contributed by atoms with E-state index in [0.717, 1.165) is 10.4 Å². The monoisotopic (exact) mass is 592 g/mol. The predicted octanol–water partition coefficient (Wildman–Crippen LogP) is 4.65. The molecule has 39 heavy (non-hydrogen) atoms. The maximum absolute atomic E-state index is 13.8. The van der Waals surface area contributed by atoms with Crippen molar-refractivity contribution in [2.24, 2.45) is 0 Å². The zero-order valence-corrected chi connectivity index (χ0v) is 23.4. The lowest BCUT2D eigenvalue weighted by Crippen LogP contribution is -2.51. The van der Waals surface area contributed by atoms with Crippen LogP contribution < -0.4 is 9.62 Å². The Morgan fingerprint density at radius 1 is 1.00 bits per heavy atom. The van der Waals surface area contributed by atoms with Gasteiger partial charge in [0.05, 0.1) is 15.5 Å². The average molecular weight is 593 g/mol. The summed E-state index contributed by atoms with van der Waals surface area (Å²) in [6.07, 6.45) is 0. The molecule has 0 aliphatic heterocycles. The summed E-state index contributed by atoms with van der Waals surface area (Å²) in [6.45, 7) is 2.57. The standard InChI is InChI=1S/C26H26Cl2N4O6S/c1-3-29-26(34)18(2)30(16-22-23(27)13-8-14-24(22)28)25(33)17-31(19-9-7-10-20(15-19)32(35)36)39(37,38)21-11-5-4-6-12-21/h4-15,18H,3,16-17H2,1-2H3,(H,29,34)/t18-/m1/s1. The van der Waals surface area contributed by atoms with Crippen molar-refractivity contribution in [3.8, 4) is 0 Å². The van der Waals surface area contributed by atoms with Crippen molar-refractivity contribution in [2.75, 3.05) is 17.4 Å². The first kappa shape index (κ1) is 29.9. The number of nitrogens with zero attached hydrogens (tertiary/aromatic N) is 3. The Kier molecular flexibility index (Phi) is 9.90. The van der Waals surface area contributed by atoms with E-state index < -0.39 is 39.3 Å². The smallest absolute Gasteiger partial charge is 0.271 e. The summed E-state index contributed by atoms with van der Waals surface area (Å²) in [6, 6.07) is 16.1. The number of anilines is 1. The van der Waals surface area contributed by atoms with Gasteiger partial charge in [0.1, 0.15) is 12.6 Å². The Labute approximate surface area is 236 Å². The van der Waals surface area contributed by atoms with Gasteiger partial charge in [-0.25, -0.2) is 8.42 Å². The lowest BCUT2D eigenvalue weighted by molar-refractivity contribution is -0.384. The number of benzene rings is 3. The molecular weight excluding hydrogens is 567 g/mol. The van der Waals surface area contributed by atoms with Crippen molar-refractivity contribution in [3.05, 3.63) is 98.5 Å². The first-order chi connectivity index (χ1) is 18.5. The molecule has 3 aromatic rings. The minimum absolute atomic E-state index is 0.0946. The Bertz CT molecular complexity index is 1450. The fraction of sp³-hybridized carbons (Fsp3) is 0.231. The molecule has 0 radical (unpaired) electrons. The molecule has 0 heterocycles. The highest BCUT2D eigenvalue weighted by atomic mass is 35.5. The molecule has 206 valence electrons. The van der Waals surface area contributed by atoms with Crippen molar-refractivity contribution < 1.29 is 22.9 Å². The fourth-order valence-corrected chi connectivity index (χ4v) is 5.71. The minimum Gasteiger partial charge on any atom is -0.355 e. The number of nitrogens with one attached hydrogen (secondary N) is 1. The van der Waals surface area contributed by atoms with Crippen molar-refractivity contribution in [2.45, 2.75) is 31.3 Å². The summed E-state index contributed by atoms with van der Waals surface area (Å²) in [5.41, 5.74) is -0.0791. The van der Waals surface area contributed by atoms with Crippen LogP contribution >= 0.6 is 23.2 Å². The maximum atomic E-state index is 13.8. The molecule has 1 N–H and O–H groups in total. The van der Waals surface area contributed by atoms with Crippen molar-refractivity contribution in [3.63, 3.8) is 0 Å². The molecule has 0 saturated heterocycles. The summed E-state index contributed by atoms with van der Waals surface area (Å²) in [5, 5.41) is 14.6. The first-order valence-corrected chi connectivity index (χ1v) is 14.0. The summed E-state index contributed by atoms with van der Waals surface area (Å²) in [7, 11) is -4.36. The van der Waals surface area contributed by atoms with Gasteiger partial charge in [0.2, 0.25) is 11.8 Å². The van der Waals surface area contributed by atoms with Crippen LogP contribution in [0.15, 0.2) is 77.7 Å². The second-order valence-corrected chi connectivity index (χ2v) is 11.1. The number of carbonyl (C=O) groups excluding carboxylic acids is 2. The summed E-state index contributed by atoms with van der Waals surface area (Å²) >= 11 is 12.7. The summed E-state index contributed by atoms with van der Waals surface area (Å²) < 4.78 is 28.2. The Balaban J connectivity index is 2.10. The topological polar surface area (TPSA) is 130 Å². The second-order valence-electron chi connectivity index (χ2n) is 8.39. The summed E-state index contributed by atoms with van der Waals surface area (Å²) in [4.78, 5) is 38.4. The second kappa shape index (κ2) is 12.9. The van der Waals surface area contributed by atoms with Crippen LogP contribution in [0.3, 0.4) is 0 Å². The molecule has 3 rings (SSSR count). The highest BCUT2D eigenvalue weighted by molar-refractivity contribution is 7.92. The fourth-order valence-electron chi connectivity index (χ4n) is 3.77. The van der Waals surface area contributed by atoms with Crippen LogP contribution in [0.1, 0.15) is 19.4 Å². The van der Waals surface area contributed by atoms with E-state index in [1.165, 1.54) is 54.3 Å². The van der Waals surface area contributed by atoms with Crippen molar-refractivity contribution in [1.29, 1.82) is 0 Å². The molecule has 0 spiro atoms. The molecule has 0 fully saturated rings. The number of halogens is 2. The van der Waals surface area contributed by atoms with E-state index in [9.17, 15) is 28.1 Å². The van der Waals surface area contributed by atoms with Crippen LogP contribution in [0, 0.1) is 10.1 Å². The third kappa shape index (κ3) is 7.05. The van der Waals surface area contributed by atoms with Crippen LogP contribution in [-0.4, -0.2) is 49.2 Å². The van der Waals surface area contributed by atoms with Crippen LogP contribution in [0.4, 0.5) is 11.4 Å². The van der Waals surface area contributed by atoms with Gasteiger partial charge in [-0.05, 0) is 44.2 Å². The zero-order valence-electron chi connectivity index (χ0n) is 21.1.